The van der Waals surface area contributed by atoms with E-state index in [1.54, 1.807) is 0 Å². The molecule has 0 bridgehead atoms. The van der Waals surface area contributed by atoms with Gasteiger partial charge in [-0.25, -0.2) is 8.78 Å². The summed E-state index contributed by atoms with van der Waals surface area (Å²) in [6, 6.07) is 7.58. The number of alkyl halides is 3. The molecule has 0 spiro atoms. The van der Waals surface area contributed by atoms with Crippen molar-refractivity contribution < 1.29 is 22.0 Å². The van der Waals surface area contributed by atoms with E-state index in [0.29, 0.717) is 0 Å². The minimum atomic E-state index is -4.45. The molecule has 0 heterocycles. The molecule has 6 heteroatoms. The normalized spacial score (nSPS) is 13.0. The molecule has 1 nitrogen and oxygen atoms in total. The van der Waals surface area contributed by atoms with Gasteiger partial charge in [0.25, 0.3) is 0 Å². The lowest BCUT2D eigenvalue weighted by Gasteiger charge is -2.17. The summed E-state index contributed by atoms with van der Waals surface area (Å²) < 4.78 is 64.6. The SMILES string of the molecule is CC(Nc1cccc(C(F)(F)F)c1)c1cccc(F)c1F. The van der Waals surface area contributed by atoms with Crippen molar-refractivity contribution in [2.75, 3.05) is 5.32 Å². The Labute approximate surface area is 118 Å². The molecule has 112 valence electrons. The van der Waals surface area contributed by atoms with E-state index in [4.69, 9.17) is 0 Å². The molecule has 1 N–H and O–H groups in total. The van der Waals surface area contributed by atoms with Gasteiger partial charge in [0, 0.05) is 11.3 Å². The van der Waals surface area contributed by atoms with Gasteiger partial charge < -0.3 is 5.32 Å². The molecule has 0 amide bonds. The van der Waals surface area contributed by atoms with Gasteiger partial charge in [-0.15, -0.1) is 0 Å². The van der Waals surface area contributed by atoms with Crippen molar-refractivity contribution in [1.82, 2.24) is 0 Å². The first-order valence-electron chi connectivity index (χ1n) is 6.16. The lowest BCUT2D eigenvalue weighted by atomic mass is 10.1. The third kappa shape index (κ3) is 3.51. The van der Waals surface area contributed by atoms with E-state index in [1.807, 2.05) is 0 Å². The van der Waals surface area contributed by atoms with Gasteiger partial charge in [0.05, 0.1) is 11.6 Å². The van der Waals surface area contributed by atoms with E-state index < -0.39 is 29.4 Å². The second-order valence-corrected chi connectivity index (χ2v) is 4.59. The van der Waals surface area contributed by atoms with Crippen LogP contribution in [0.15, 0.2) is 42.5 Å². The molecule has 2 aromatic carbocycles. The molecule has 21 heavy (non-hydrogen) atoms. The van der Waals surface area contributed by atoms with Gasteiger partial charge in [-0.3, -0.25) is 0 Å². The minimum Gasteiger partial charge on any atom is -0.378 e. The van der Waals surface area contributed by atoms with Crippen LogP contribution in [0, 0.1) is 11.6 Å². The summed E-state index contributed by atoms with van der Waals surface area (Å²) in [5, 5.41) is 2.73. The topological polar surface area (TPSA) is 12.0 Å². The number of anilines is 1. The van der Waals surface area contributed by atoms with E-state index in [-0.39, 0.29) is 11.3 Å². The van der Waals surface area contributed by atoms with E-state index in [9.17, 15) is 22.0 Å². The van der Waals surface area contributed by atoms with E-state index in [1.165, 1.54) is 31.2 Å². The summed E-state index contributed by atoms with van der Waals surface area (Å²) in [4.78, 5) is 0. The van der Waals surface area contributed by atoms with Crippen LogP contribution in [0.4, 0.5) is 27.6 Å². The van der Waals surface area contributed by atoms with Gasteiger partial charge in [0.2, 0.25) is 0 Å². The maximum atomic E-state index is 13.6. The van der Waals surface area contributed by atoms with E-state index >= 15 is 0 Å². The highest BCUT2D eigenvalue weighted by atomic mass is 19.4. The molecule has 0 radical (unpaired) electrons. The predicted octanol–water partition coefficient (Wildman–Crippen LogP) is 5.16. The highest BCUT2D eigenvalue weighted by molar-refractivity contribution is 5.48. The third-order valence-electron chi connectivity index (χ3n) is 3.02. The monoisotopic (exact) mass is 301 g/mol. The fourth-order valence-corrected chi connectivity index (χ4v) is 1.97. The van der Waals surface area contributed by atoms with Crippen molar-refractivity contribution in [1.29, 1.82) is 0 Å². The van der Waals surface area contributed by atoms with Gasteiger partial charge in [-0.05, 0) is 31.2 Å². The first-order valence-corrected chi connectivity index (χ1v) is 6.16. The Hall–Kier alpha value is -2.11. The first-order chi connectivity index (χ1) is 9.79. The van der Waals surface area contributed by atoms with Crippen LogP contribution >= 0.6 is 0 Å². The number of rotatable bonds is 3. The Bertz CT molecular complexity index is 636. The van der Waals surface area contributed by atoms with Crippen molar-refractivity contribution in [3.63, 3.8) is 0 Å². The van der Waals surface area contributed by atoms with Gasteiger partial charge >= 0.3 is 6.18 Å². The molecule has 0 aliphatic rings. The Kier molecular flexibility index (Phi) is 4.16. The first kappa shape index (κ1) is 15.3. The molecule has 2 rings (SSSR count). The van der Waals surface area contributed by atoms with E-state index in [2.05, 4.69) is 5.32 Å². The fraction of sp³-hybridized carbons (Fsp3) is 0.200. The lowest BCUT2D eigenvalue weighted by molar-refractivity contribution is -0.137. The minimum absolute atomic E-state index is 0.0485. The molecule has 0 aromatic heterocycles. The number of nitrogens with one attached hydrogen (secondary N) is 1. The Morgan fingerprint density at radius 3 is 2.33 bits per heavy atom. The van der Waals surface area contributed by atoms with Crippen LogP contribution in [0.2, 0.25) is 0 Å². The van der Waals surface area contributed by atoms with Crippen LogP contribution in [-0.2, 0) is 6.18 Å². The molecule has 1 unspecified atom stereocenters. The van der Waals surface area contributed by atoms with Crippen molar-refractivity contribution >= 4 is 5.69 Å². The maximum absolute atomic E-state index is 13.6. The summed E-state index contributed by atoms with van der Waals surface area (Å²) in [5.41, 5.74) is -0.576. The lowest BCUT2D eigenvalue weighted by Crippen LogP contribution is -2.11. The standard InChI is InChI=1S/C15H12F5N/c1-9(12-6-3-7-13(16)14(12)17)21-11-5-2-4-10(8-11)15(18,19)20/h2-9,21H,1H3. The number of halogens is 5. The summed E-state index contributed by atoms with van der Waals surface area (Å²) >= 11 is 0. The molecule has 0 saturated carbocycles. The highest BCUT2D eigenvalue weighted by Crippen LogP contribution is 2.31. The number of hydrogen-bond acceptors (Lipinski definition) is 1. The highest BCUT2D eigenvalue weighted by Gasteiger charge is 2.30. The molecular weight excluding hydrogens is 289 g/mol. The van der Waals surface area contributed by atoms with Crippen molar-refractivity contribution in [3.8, 4) is 0 Å². The molecule has 0 aliphatic heterocycles. The number of hydrogen-bond donors (Lipinski definition) is 1. The van der Waals surface area contributed by atoms with Gasteiger partial charge in [0.15, 0.2) is 11.6 Å². The molecule has 0 aliphatic carbocycles. The second-order valence-electron chi connectivity index (χ2n) is 4.59. The summed E-state index contributed by atoms with van der Waals surface area (Å²) in [5.74, 6) is -2.00. The molecule has 0 fully saturated rings. The van der Waals surface area contributed by atoms with Crippen molar-refractivity contribution in [3.05, 3.63) is 65.2 Å². The van der Waals surface area contributed by atoms with Crippen LogP contribution in [0.3, 0.4) is 0 Å². The zero-order valence-corrected chi connectivity index (χ0v) is 11.0. The Morgan fingerprint density at radius 1 is 1.00 bits per heavy atom. The average Bonchev–Trinajstić information content (AvgIpc) is 2.41. The van der Waals surface area contributed by atoms with Crippen LogP contribution in [-0.4, -0.2) is 0 Å². The van der Waals surface area contributed by atoms with Crippen LogP contribution in [0.1, 0.15) is 24.1 Å². The quantitative estimate of drug-likeness (QED) is 0.772. The Balaban J connectivity index is 2.24. The van der Waals surface area contributed by atoms with Crippen LogP contribution < -0.4 is 5.32 Å². The number of benzene rings is 2. The molecule has 1 atom stereocenters. The van der Waals surface area contributed by atoms with Crippen molar-refractivity contribution in [2.45, 2.75) is 19.1 Å². The van der Waals surface area contributed by atoms with Gasteiger partial charge in [-0.2, -0.15) is 13.2 Å². The largest absolute Gasteiger partial charge is 0.416 e. The molecular formula is C15H12F5N. The van der Waals surface area contributed by atoms with E-state index in [0.717, 1.165) is 18.2 Å². The Morgan fingerprint density at radius 2 is 1.67 bits per heavy atom. The average molecular weight is 301 g/mol. The zero-order chi connectivity index (χ0) is 15.6. The molecule has 0 saturated heterocycles. The summed E-state index contributed by atoms with van der Waals surface area (Å²) in [7, 11) is 0. The third-order valence-corrected chi connectivity index (χ3v) is 3.02. The summed E-state index contributed by atoms with van der Waals surface area (Å²) in [6.07, 6.45) is -4.45. The smallest absolute Gasteiger partial charge is 0.378 e. The zero-order valence-electron chi connectivity index (χ0n) is 11.0. The van der Waals surface area contributed by atoms with Crippen LogP contribution in [0.5, 0.6) is 0 Å². The fourth-order valence-electron chi connectivity index (χ4n) is 1.97. The van der Waals surface area contributed by atoms with Gasteiger partial charge in [-0.1, -0.05) is 18.2 Å². The predicted molar refractivity (Wildman–Crippen MR) is 69.8 cm³/mol. The second kappa shape index (κ2) is 5.71. The maximum Gasteiger partial charge on any atom is 0.416 e. The van der Waals surface area contributed by atoms with Gasteiger partial charge in [0.1, 0.15) is 0 Å². The summed E-state index contributed by atoms with van der Waals surface area (Å²) in [6.45, 7) is 1.54. The van der Waals surface area contributed by atoms with Crippen molar-refractivity contribution in [2.24, 2.45) is 0 Å². The van der Waals surface area contributed by atoms with Crippen LogP contribution in [0.25, 0.3) is 0 Å². The molecule has 2 aromatic rings.